The van der Waals surface area contributed by atoms with E-state index in [1.54, 1.807) is 0 Å². The van der Waals surface area contributed by atoms with Gasteiger partial charge in [-0.05, 0) is 32.2 Å². The van der Waals surface area contributed by atoms with Crippen molar-refractivity contribution in [3.8, 4) is 0 Å². The molecule has 0 saturated heterocycles. The molecule has 0 heterocycles. The minimum atomic E-state index is 0.183. The van der Waals surface area contributed by atoms with E-state index in [0.29, 0.717) is 5.41 Å². The molecule has 0 aromatic heterocycles. The van der Waals surface area contributed by atoms with Crippen LogP contribution in [0.5, 0.6) is 0 Å². The Morgan fingerprint density at radius 2 is 1.58 bits per heavy atom. The van der Waals surface area contributed by atoms with Gasteiger partial charge in [-0.15, -0.1) is 0 Å². The minimum Gasteiger partial charge on any atom is -0.330 e. The van der Waals surface area contributed by atoms with Crippen molar-refractivity contribution in [2.45, 2.75) is 46.6 Å². The summed E-state index contributed by atoms with van der Waals surface area (Å²) in [7, 11) is 0. The zero-order chi connectivity index (χ0) is 9.83. The van der Waals surface area contributed by atoms with Crippen LogP contribution in [0.25, 0.3) is 0 Å². The van der Waals surface area contributed by atoms with Crippen molar-refractivity contribution in [1.82, 2.24) is 5.32 Å². The smallest absolute Gasteiger partial charge is 0.0137 e. The zero-order valence-corrected chi connectivity index (χ0v) is 9.20. The first-order chi connectivity index (χ1) is 5.27. The third kappa shape index (κ3) is 6.62. The highest BCUT2D eigenvalue weighted by atomic mass is 15.0. The van der Waals surface area contributed by atoms with Gasteiger partial charge in [-0.1, -0.05) is 20.8 Å². The van der Waals surface area contributed by atoms with Crippen molar-refractivity contribution in [3.05, 3.63) is 0 Å². The molecule has 0 bridgehead atoms. The van der Waals surface area contributed by atoms with E-state index in [9.17, 15) is 0 Å². The molecule has 12 heavy (non-hydrogen) atoms. The Balaban J connectivity index is 3.75. The molecule has 2 heteroatoms. The van der Waals surface area contributed by atoms with E-state index in [2.05, 4.69) is 39.9 Å². The summed E-state index contributed by atoms with van der Waals surface area (Å²) >= 11 is 0. The van der Waals surface area contributed by atoms with Crippen LogP contribution in [0.4, 0.5) is 0 Å². The molecule has 74 valence electrons. The number of nitrogens with two attached hydrogens (primary N) is 1. The van der Waals surface area contributed by atoms with Gasteiger partial charge < -0.3 is 11.1 Å². The monoisotopic (exact) mass is 172 g/mol. The number of nitrogens with one attached hydrogen (secondary N) is 1. The van der Waals surface area contributed by atoms with E-state index in [0.717, 1.165) is 19.5 Å². The third-order valence-electron chi connectivity index (χ3n) is 1.87. The van der Waals surface area contributed by atoms with Crippen molar-refractivity contribution in [2.75, 3.05) is 13.1 Å². The Morgan fingerprint density at radius 1 is 1.08 bits per heavy atom. The average molecular weight is 172 g/mol. The highest BCUT2D eigenvalue weighted by Crippen LogP contribution is 2.14. The van der Waals surface area contributed by atoms with Crippen LogP contribution in [0, 0.1) is 5.41 Å². The molecule has 0 fully saturated rings. The maximum Gasteiger partial charge on any atom is 0.0137 e. The second-order valence-electron chi connectivity index (χ2n) is 5.34. The summed E-state index contributed by atoms with van der Waals surface area (Å²) in [6, 6.07) is 0. The van der Waals surface area contributed by atoms with Gasteiger partial charge in [0.15, 0.2) is 0 Å². The van der Waals surface area contributed by atoms with Crippen LogP contribution in [0.3, 0.4) is 0 Å². The SMILES string of the molecule is CC(C)(C)CNC(C)(C)CCN. The van der Waals surface area contributed by atoms with Crippen molar-refractivity contribution >= 4 is 0 Å². The molecular formula is C10H24N2. The van der Waals surface area contributed by atoms with Gasteiger partial charge in [-0.2, -0.15) is 0 Å². The molecule has 0 atom stereocenters. The molecule has 0 amide bonds. The van der Waals surface area contributed by atoms with Crippen LogP contribution in [-0.4, -0.2) is 18.6 Å². The molecule has 0 aliphatic rings. The fraction of sp³-hybridized carbons (Fsp3) is 1.00. The number of hydrogen-bond donors (Lipinski definition) is 2. The fourth-order valence-electron chi connectivity index (χ4n) is 0.954. The Labute approximate surface area is 76.9 Å². The summed E-state index contributed by atoms with van der Waals surface area (Å²) < 4.78 is 0. The van der Waals surface area contributed by atoms with Crippen LogP contribution in [0.2, 0.25) is 0 Å². The van der Waals surface area contributed by atoms with Crippen molar-refractivity contribution in [3.63, 3.8) is 0 Å². The Morgan fingerprint density at radius 3 is 1.92 bits per heavy atom. The normalized spacial score (nSPS) is 13.5. The van der Waals surface area contributed by atoms with Crippen LogP contribution >= 0.6 is 0 Å². The summed E-state index contributed by atoms with van der Waals surface area (Å²) in [5.41, 5.74) is 6.05. The van der Waals surface area contributed by atoms with E-state index < -0.39 is 0 Å². The topological polar surface area (TPSA) is 38.0 Å². The predicted molar refractivity (Wildman–Crippen MR) is 55.2 cm³/mol. The summed E-state index contributed by atoms with van der Waals surface area (Å²) in [6.07, 6.45) is 1.03. The average Bonchev–Trinajstić information content (AvgIpc) is 1.83. The molecule has 3 N–H and O–H groups in total. The first-order valence-corrected chi connectivity index (χ1v) is 4.72. The fourth-order valence-corrected chi connectivity index (χ4v) is 0.954. The first-order valence-electron chi connectivity index (χ1n) is 4.72. The molecule has 2 nitrogen and oxygen atoms in total. The summed E-state index contributed by atoms with van der Waals surface area (Å²) in [6.45, 7) is 12.9. The Kier molecular flexibility index (Phi) is 4.21. The van der Waals surface area contributed by atoms with Crippen molar-refractivity contribution < 1.29 is 0 Å². The van der Waals surface area contributed by atoms with E-state index >= 15 is 0 Å². The minimum absolute atomic E-state index is 0.183. The van der Waals surface area contributed by atoms with Gasteiger partial charge in [0, 0.05) is 12.1 Å². The van der Waals surface area contributed by atoms with Crippen molar-refractivity contribution in [1.29, 1.82) is 0 Å². The Hall–Kier alpha value is -0.0800. The van der Waals surface area contributed by atoms with Crippen molar-refractivity contribution in [2.24, 2.45) is 11.1 Å². The zero-order valence-electron chi connectivity index (χ0n) is 9.20. The van der Waals surface area contributed by atoms with Gasteiger partial charge in [0.1, 0.15) is 0 Å². The summed E-state index contributed by atoms with van der Waals surface area (Å²) in [4.78, 5) is 0. The summed E-state index contributed by atoms with van der Waals surface area (Å²) in [5, 5.41) is 3.52. The maximum atomic E-state index is 5.51. The van der Waals surface area contributed by atoms with Gasteiger partial charge in [-0.3, -0.25) is 0 Å². The maximum absolute atomic E-state index is 5.51. The van der Waals surface area contributed by atoms with Gasteiger partial charge in [0.25, 0.3) is 0 Å². The lowest BCUT2D eigenvalue weighted by molar-refractivity contribution is 0.290. The van der Waals surface area contributed by atoms with E-state index in [-0.39, 0.29) is 5.54 Å². The second kappa shape index (κ2) is 4.24. The van der Waals surface area contributed by atoms with Crippen LogP contribution in [-0.2, 0) is 0 Å². The lowest BCUT2D eigenvalue weighted by atomic mass is 9.93. The lowest BCUT2D eigenvalue weighted by Crippen LogP contribution is -2.44. The number of rotatable bonds is 4. The molecule has 0 aromatic carbocycles. The van der Waals surface area contributed by atoms with Gasteiger partial charge in [0.2, 0.25) is 0 Å². The highest BCUT2D eigenvalue weighted by molar-refractivity contribution is 4.80. The first kappa shape index (κ1) is 11.9. The van der Waals surface area contributed by atoms with Crippen LogP contribution < -0.4 is 11.1 Å². The molecule has 0 aliphatic carbocycles. The third-order valence-corrected chi connectivity index (χ3v) is 1.87. The molecule has 0 aromatic rings. The molecule has 0 radical (unpaired) electrons. The molecule has 0 spiro atoms. The number of hydrogen-bond acceptors (Lipinski definition) is 2. The second-order valence-corrected chi connectivity index (χ2v) is 5.34. The van der Waals surface area contributed by atoms with Crippen LogP contribution in [0.15, 0.2) is 0 Å². The molecule has 0 unspecified atom stereocenters. The standard InChI is InChI=1S/C10H24N2/c1-9(2,3)8-12-10(4,5)6-7-11/h12H,6-8,11H2,1-5H3. The Bertz CT molecular complexity index is 122. The van der Waals surface area contributed by atoms with Gasteiger partial charge in [-0.25, -0.2) is 0 Å². The van der Waals surface area contributed by atoms with Gasteiger partial charge in [0.05, 0.1) is 0 Å². The lowest BCUT2D eigenvalue weighted by Gasteiger charge is -2.30. The van der Waals surface area contributed by atoms with E-state index in [1.165, 1.54) is 0 Å². The van der Waals surface area contributed by atoms with E-state index in [4.69, 9.17) is 5.73 Å². The highest BCUT2D eigenvalue weighted by Gasteiger charge is 2.19. The molecule has 0 saturated carbocycles. The quantitative estimate of drug-likeness (QED) is 0.678. The van der Waals surface area contributed by atoms with Crippen LogP contribution in [0.1, 0.15) is 41.0 Å². The summed E-state index contributed by atoms with van der Waals surface area (Å²) in [5.74, 6) is 0. The molecular weight excluding hydrogens is 148 g/mol. The van der Waals surface area contributed by atoms with E-state index in [1.807, 2.05) is 0 Å². The van der Waals surface area contributed by atoms with Gasteiger partial charge >= 0.3 is 0 Å². The molecule has 0 aliphatic heterocycles. The predicted octanol–water partition coefficient (Wildman–Crippen LogP) is 1.75. The largest absolute Gasteiger partial charge is 0.330 e. The molecule has 0 rings (SSSR count).